The predicted molar refractivity (Wildman–Crippen MR) is 165 cm³/mol. The van der Waals surface area contributed by atoms with Crippen LogP contribution in [0.4, 0.5) is 0 Å². The molecule has 0 saturated carbocycles. The largest absolute Gasteiger partial charge is 0.463 e. The summed E-state index contributed by atoms with van der Waals surface area (Å²) in [5.41, 5.74) is -0.362. The molecule has 1 spiro atoms. The molecule has 2 N–H and O–H groups in total. The van der Waals surface area contributed by atoms with Gasteiger partial charge >= 0.3 is 5.97 Å². The molecule has 3 amide bonds. The van der Waals surface area contributed by atoms with Gasteiger partial charge in [-0.1, -0.05) is 62.2 Å². The number of aliphatic hydroxyl groups is 1. The molecular weight excluding hydrogens is 562 g/mol. The lowest BCUT2D eigenvalue weighted by Gasteiger charge is -2.36. The van der Waals surface area contributed by atoms with Crippen molar-refractivity contribution in [2.75, 3.05) is 32.8 Å². The lowest BCUT2D eigenvalue weighted by atomic mass is 9.70. The highest BCUT2D eigenvalue weighted by atomic mass is 16.5. The van der Waals surface area contributed by atoms with E-state index in [4.69, 9.17) is 9.47 Å². The molecule has 1 aromatic rings. The van der Waals surface area contributed by atoms with E-state index in [-0.39, 0.29) is 43.9 Å². The highest BCUT2D eigenvalue weighted by Gasteiger charge is 2.74. The second-order valence-corrected chi connectivity index (χ2v) is 11.9. The maximum Gasteiger partial charge on any atom is 0.306 e. The van der Waals surface area contributed by atoms with Gasteiger partial charge in [0.25, 0.3) is 0 Å². The number of ether oxygens (including phenoxy) is 2. The van der Waals surface area contributed by atoms with Crippen LogP contribution < -0.4 is 5.32 Å². The molecule has 3 aliphatic heterocycles. The van der Waals surface area contributed by atoms with E-state index >= 15 is 0 Å². The SMILES string of the molecule is C=CCCC(=O)OC[C@@H](NC(=O)[C@@H]1[C@H]2C(=O)N(CCCO)[C@H](C(=O)N(CC=C)CCCCC)[C@]23CC[C@H]1O3)c1ccccc1. The van der Waals surface area contributed by atoms with E-state index < -0.39 is 41.6 Å². The first-order valence-electron chi connectivity index (χ1n) is 15.9. The third-order valence-corrected chi connectivity index (χ3v) is 9.07. The topological polar surface area (TPSA) is 125 Å². The minimum absolute atomic E-state index is 0.0638. The lowest BCUT2D eigenvalue weighted by molar-refractivity contribution is -0.148. The number of unbranched alkanes of at least 4 members (excludes halogenated alkanes) is 2. The second-order valence-electron chi connectivity index (χ2n) is 11.9. The van der Waals surface area contributed by atoms with Gasteiger partial charge in [-0.25, -0.2) is 0 Å². The molecule has 3 aliphatic rings. The van der Waals surface area contributed by atoms with Gasteiger partial charge < -0.3 is 29.7 Å². The highest BCUT2D eigenvalue weighted by Crippen LogP contribution is 2.58. The van der Waals surface area contributed by atoms with Crippen LogP contribution in [-0.2, 0) is 28.7 Å². The maximum absolute atomic E-state index is 14.2. The molecule has 3 fully saturated rings. The number of hydrogen-bond acceptors (Lipinski definition) is 7. The Morgan fingerprint density at radius 2 is 1.98 bits per heavy atom. The number of allylic oxidation sites excluding steroid dienone is 1. The predicted octanol–water partition coefficient (Wildman–Crippen LogP) is 3.32. The fourth-order valence-corrected chi connectivity index (χ4v) is 7.03. The van der Waals surface area contributed by atoms with E-state index in [0.29, 0.717) is 38.8 Å². The molecule has 240 valence electrons. The fraction of sp³-hybridized carbons (Fsp3) is 0.588. The van der Waals surface area contributed by atoms with Crippen LogP contribution in [0.1, 0.15) is 69.9 Å². The van der Waals surface area contributed by atoms with Crippen LogP contribution in [-0.4, -0.2) is 89.2 Å². The number of carbonyl (C=O) groups excluding carboxylic acids is 4. The van der Waals surface area contributed by atoms with E-state index in [0.717, 1.165) is 24.8 Å². The van der Waals surface area contributed by atoms with Crippen molar-refractivity contribution in [3.05, 3.63) is 61.2 Å². The van der Waals surface area contributed by atoms with Gasteiger partial charge in [-0.2, -0.15) is 0 Å². The average molecular weight is 610 g/mol. The van der Waals surface area contributed by atoms with Crippen LogP contribution in [0.2, 0.25) is 0 Å². The minimum Gasteiger partial charge on any atom is -0.463 e. The van der Waals surface area contributed by atoms with Gasteiger partial charge in [0.2, 0.25) is 17.7 Å². The number of amides is 3. The van der Waals surface area contributed by atoms with Gasteiger partial charge in [0, 0.05) is 32.7 Å². The van der Waals surface area contributed by atoms with Gasteiger partial charge in [-0.05, 0) is 37.7 Å². The van der Waals surface area contributed by atoms with Crippen LogP contribution in [0.5, 0.6) is 0 Å². The summed E-state index contributed by atoms with van der Waals surface area (Å²) in [6.07, 6.45) is 7.65. The molecule has 3 saturated heterocycles. The molecule has 0 aliphatic carbocycles. The molecular formula is C34H47N3O7. The number of fused-ring (bicyclic) bond motifs is 1. The average Bonchev–Trinajstić information content (AvgIpc) is 3.67. The zero-order valence-electron chi connectivity index (χ0n) is 25.8. The first kappa shape index (κ1) is 33.4. The van der Waals surface area contributed by atoms with Gasteiger partial charge in [-0.3, -0.25) is 19.2 Å². The van der Waals surface area contributed by atoms with Crippen molar-refractivity contribution < 1.29 is 33.8 Å². The number of hydrogen-bond donors (Lipinski definition) is 2. The van der Waals surface area contributed by atoms with Gasteiger partial charge in [-0.15, -0.1) is 13.2 Å². The van der Waals surface area contributed by atoms with Crippen molar-refractivity contribution in [3.63, 3.8) is 0 Å². The smallest absolute Gasteiger partial charge is 0.306 e. The molecule has 0 unspecified atom stereocenters. The van der Waals surface area contributed by atoms with Crippen LogP contribution in [0.3, 0.4) is 0 Å². The number of esters is 1. The van der Waals surface area contributed by atoms with Gasteiger partial charge in [0.05, 0.1) is 24.0 Å². The third-order valence-electron chi connectivity index (χ3n) is 9.07. The molecule has 44 heavy (non-hydrogen) atoms. The number of carbonyl (C=O) groups is 4. The quantitative estimate of drug-likeness (QED) is 0.149. The molecule has 10 nitrogen and oxygen atoms in total. The number of likely N-dealkylation sites (tertiary alicyclic amines) is 1. The molecule has 4 rings (SSSR count). The standard InChI is InChI=1S/C34H47N3O7/c1-4-7-12-20-36(19-6-3)33(42)30-34-18-17-26(44-34)28(29(34)32(41)37(30)21-13-22-38)31(40)35-25(24-14-10-9-11-15-24)23-43-27(39)16-8-5-2/h5-6,9-11,14-15,25-26,28-30,38H,2-4,7-8,12-13,16-23H2,1H3,(H,35,40)/t25-,26-,28+,29+,30-,34+/m1/s1. The summed E-state index contributed by atoms with van der Waals surface area (Å²) >= 11 is 0. The number of benzene rings is 1. The van der Waals surface area contributed by atoms with Crippen LogP contribution in [0.25, 0.3) is 0 Å². The monoisotopic (exact) mass is 609 g/mol. The molecule has 3 heterocycles. The van der Waals surface area contributed by atoms with E-state index in [9.17, 15) is 24.3 Å². The zero-order valence-corrected chi connectivity index (χ0v) is 25.8. The summed E-state index contributed by atoms with van der Waals surface area (Å²) in [5.74, 6) is -2.89. The Morgan fingerprint density at radius 3 is 2.66 bits per heavy atom. The first-order chi connectivity index (χ1) is 21.3. The molecule has 0 aromatic heterocycles. The second kappa shape index (κ2) is 15.5. The number of nitrogens with zero attached hydrogens (tertiary/aromatic N) is 2. The van der Waals surface area contributed by atoms with Crippen molar-refractivity contribution in [3.8, 4) is 0 Å². The van der Waals surface area contributed by atoms with Crippen molar-refractivity contribution in [2.24, 2.45) is 11.8 Å². The van der Waals surface area contributed by atoms with Crippen LogP contribution in [0.15, 0.2) is 55.6 Å². The summed E-state index contributed by atoms with van der Waals surface area (Å²) in [4.78, 5) is 58.0. The lowest BCUT2D eigenvalue weighted by Crippen LogP contribution is -2.56. The Balaban J connectivity index is 1.60. The fourth-order valence-electron chi connectivity index (χ4n) is 7.03. The maximum atomic E-state index is 14.2. The zero-order chi connectivity index (χ0) is 31.7. The van der Waals surface area contributed by atoms with Crippen molar-refractivity contribution >= 4 is 23.7 Å². The van der Waals surface area contributed by atoms with E-state index in [2.05, 4.69) is 25.4 Å². The Bertz CT molecular complexity index is 1190. The molecule has 6 atom stereocenters. The number of nitrogens with one attached hydrogen (secondary N) is 1. The van der Waals surface area contributed by atoms with Crippen molar-refractivity contribution in [1.29, 1.82) is 0 Å². The summed E-state index contributed by atoms with van der Waals surface area (Å²) in [6.45, 7) is 10.4. The van der Waals surface area contributed by atoms with E-state index in [1.807, 2.05) is 30.3 Å². The Morgan fingerprint density at radius 1 is 1.20 bits per heavy atom. The Hall–Kier alpha value is -3.50. The Labute approximate surface area is 260 Å². The minimum atomic E-state index is -1.13. The molecule has 2 bridgehead atoms. The summed E-state index contributed by atoms with van der Waals surface area (Å²) in [5, 5.41) is 12.7. The third kappa shape index (κ3) is 6.91. The van der Waals surface area contributed by atoms with Crippen molar-refractivity contribution in [2.45, 2.75) is 82.1 Å². The van der Waals surface area contributed by atoms with E-state index in [1.54, 1.807) is 17.1 Å². The van der Waals surface area contributed by atoms with Gasteiger partial charge in [0.15, 0.2) is 0 Å². The summed E-state index contributed by atoms with van der Waals surface area (Å²) in [7, 11) is 0. The van der Waals surface area contributed by atoms with Gasteiger partial charge in [0.1, 0.15) is 18.2 Å². The number of rotatable bonds is 18. The van der Waals surface area contributed by atoms with Crippen molar-refractivity contribution in [1.82, 2.24) is 15.1 Å². The normalized spacial score (nSPS) is 25.8. The first-order valence-corrected chi connectivity index (χ1v) is 15.9. The van der Waals surface area contributed by atoms with Crippen LogP contribution >= 0.6 is 0 Å². The van der Waals surface area contributed by atoms with E-state index in [1.165, 1.54) is 4.90 Å². The number of aliphatic hydroxyl groups excluding tert-OH is 1. The summed E-state index contributed by atoms with van der Waals surface area (Å²) < 4.78 is 12.1. The molecule has 1 aromatic carbocycles. The molecule has 0 radical (unpaired) electrons. The van der Waals surface area contributed by atoms with Crippen LogP contribution in [0, 0.1) is 11.8 Å². The summed E-state index contributed by atoms with van der Waals surface area (Å²) in [6, 6.07) is 7.72. The highest BCUT2D eigenvalue weighted by molar-refractivity contribution is 5.99. The Kier molecular flexibility index (Phi) is 11.7. The molecule has 10 heteroatoms.